The summed E-state index contributed by atoms with van der Waals surface area (Å²) in [5.74, 6) is 0.441. The van der Waals surface area contributed by atoms with Crippen LogP contribution in [0.5, 0.6) is 0 Å². The van der Waals surface area contributed by atoms with Crippen molar-refractivity contribution in [3.8, 4) is 0 Å². The molecule has 30 heavy (non-hydrogen) atoms. The van der Waals surface area contributed by atoms with E-state index in [-0.39, 0.29) is 17.4 Å². The summed E-state index contributed by atoms with van der Waals surface area (Å²) in [6.07, 6.45) is 6.08. The second-order valence-electron chi connectivity index (χ2n) is 9.16. The van der Waals surface area contributed by atoms with E-state index in [4.69, 9.17) is 0 Å². The summed E-state index contributed by atoms with van der Waals surface area (Å²) in [4.78, 5) is 30.5. The number of pyridine rings is 1. The van der Waals surface area contributed by atoms with Crippen LogP contribution in [0.3, 0.4) is 0 Å². The lowest BCUT2D eigenvalue weighted by atomic mass is 9.82. The van der Waals surface area contributed by atoms with Gasteiger partial charge in [-0.15, -0.1) is 0 Å². The van der Waals surface area contributed by atoms with Crippen molar-refractivity contribution in [1.82, 2.24) is 29.8 Å². The Bertz CT molecular complexity index is 988. The van der Waals surface area contributed by atoms with Crippen molar-refractivity contribution in [2.45, 2.75) is 58.0 Å². The standard InChI is InChI=1S/C22H30N6O2/c1-15-20(24-25-23-15)22(30)27-11-16-10-18(14-27)19-7-6-17(21(29)28(19)12-16)13-26-8-4-2-3-5-9-26/h6-7,16,18H,2-5,8-14H2,1H3,(H,23,24,25)/t16-,18+/m0/s1. The molecule has 1 amide bonds. The van der Waals surface area contributed by atoms with Gasteiger partial charge in [0.2, 0.25) is 0 Å². The highest BCUT2D eigenvalue weighted by Crippen LogP contribution is 2.35. The van der Waals surface area contributed by atoms with E-state index in [1.807, 2.05) is 15.5 Å². The number of aromatic nitrogens is 4. The molecule has 1 N–H and O–H groups in total. The number of carbonyl (C=O) groups excluding carboxylic acids is 1. The zero-order valence-corrected chi connectivity index (χ0v) is 17.6. The largest absolute Gasteiger partial charge is 0.336 e. The van der Waals surface area contributed by atoms with Gasteiger partial charge in [-0.3, -0.25) is 14.5 Å². The monoisotopic (exact) mass is 410 g/mol. The van der Waals surface area contributed by atoms with Crippen LogP contribution in [0.2, 0.25) is 0 Å². The lowest BCUT2D eigenvalue weighted by Crippen LogP contribution is -2.49. The van der Waals surface area contributed by atoms with Crippen molar-refractivity contribution < 1.29 is 4.79 Å². The van der Waals surface area contributed by atoms with Gasteiger partial charge in [-0.05, 0) is 51.3 Å². The third-order valence-electron chi connectivity index (χ3n) is 6.99. The number of likely N-dealkylation sites (tertiary alicyclic amines) is 2. The topological polar surface area (TPSA) is 87.1 Å². The van der Waals surface area contributed by atoms with Crippen LogP contribution < -0.4 is 5.56 Å². The number of rotatable bonds is 3. The molecule has 2 saturated heterocycles. The van der Waals surface area contributed by atoms with Gasteiger partial charge in [0, 0.05) is 43.4 Å². The van der Waals surface area contributed by atoms with Gasteiger partial charge in [-0.1, -0.05) is 18.9 Å². The molecule has 0 aliphatic carbocycles. The van der Waals surface area contributed by atoms with Gasteiger partial charge in [-0.25, -0.2) is 0 Å². The minimum atomic E-state index is -0.0652. The number of carbonyl (C=O) groups is 1. The average molecular weight is 411 g/mol. The highest BCUT2D eigenvalue weighted by Gasteiger charge is 2.37. The van der Waals surface area contributed by atoms with Crippen LogP contribution in [-0.4, -0.2) is 61.9 Å². The number of hydrogen-bond donors (Lipinski definition) is 1. The van der Waals surface area contributed by atoms with E-state index in [1.165, 1.54) is 25.7 Å². The Labute approximate surface area is 176 Å². The van der Waals surface area contributed by atoms with Gasteiger partial charge in [0.05, 0.1) is 5.69 Å². The molecule has 3 aliphatic heterocycles. The van der Waals surface area contributed by atoms with E-state index in [0.29, 0.717) is 36.9 Å². The Hall–Kier alpha value is -2.48. The summed E-state index contributed by atoms with van der Waals surface area (Å²) in [7, 11) is 0. The highest BCUT2D eigenvalue weighted by atomic mass is 16.2. The summed E-state index contributed by atoms with van der Waals surface area (Å²) in [5, 5.41) is 10.6. The van der Waals surface area contributed by atoms with Gasteiger partial charge in [0.25, 0.3) is 11.5 Å². The summed E-state index contributed by atoms with van der Waals surface area (Å²) >= 11 is 0. The lowest BCUT2D eigenvalue weighted by molar-refractivity contribution is 0.0587. The second kappa shape index (κ2) is 7.98. The van der Waals surface area contributed by atoms with Crippen LogP contribution in [0.1, 0.15) is 65.5 Å². The molecule has 5 rings (SSSR count). The van der Waals surface area contributed by atoms with Gasteiger partial charge in [0.1, 0.15) is 0 Å². The number of nitrogens with zero attached hydrogens (tertiary/aromatic N) is 5. The lowest BCUT2D eigenvalue weighted by Gasteiger charge is -2.42. The van der Waals surface area contributed by atoms with E-state index < -0.39 is 0 Å². The molecule has 2 bridgehead atoms. The van der Waals surface area contributed by atoms with Crippen LogP contribution in [0, 0.1) is 12.8 Å². The maximum atomic E-state index is 13.3. The molecule has 3 aliphatic rings. The molecule has 8 nitrogen and oxygen atoms in total. The minimum Gasteiger partial charge on any atom is -0.336 e. The maximum absolute atomic E-state index is 13.3. The SMILES string of the molecule is Cc1n[nH]nc1C(=O)N1C[C@@H]2C[C@H](C1)c1ccc(CN3CCCCCC3)c(=O)n1C2. The Morgan fingerprint density at radius 2 is 1.90 bits per heavy atom. The minimum absolute atomic E-state index is 0.0652. The fraction of sp³-hybridized carbons (Fsp3) is 0.636. The Morgan fingerprint density at radius 3 is 2.63 bits per heavy atom. The number of nitrogens with one attached hydrogen (secondary N) is 1. The molecular weight excluding hydrogens is 380 g/mol. The van der Waals surface area contributed by atoms with E-state index in [1.54, 1.807) is 6.92 Å². The van der Waals surface area contributed by atoms with Gasteiger partial charge < -0.3 is 9.47 Å². The highest BCUT2D eigenvalue weighted by molar-refractivity contribution is 5.93. The molecule has 5 heterocycles. The summed E-state index contributed by atoms with van der Waals surface area (Å²) in [6, 6.07) is 4.16. The second-order valence-corrected chi connectivity index (χ2v) is 9.16. The van der Waals surface area contributed by atoms with Crippen LogP contribution >= 0.6 is 0 Å². The molecule has 160 valence electrons. The normalized spacial score (nSPS) is 24.4. The number of aryl methyl sites for hydroxylation is 1. The summed E-state index contributed by atoms with van der Waals surface area (Å²) in [6.45, 7) is 6.72. The fourth-order valence-electron chi connectivity index (χ4n) is 5.45. The first kappa shape index (κ1) is 19.5. The molecule has 0 spiro atoms. The van der Waals surface area contributed by atoms with Crippen molar-refractivity contribution in [3.05, 3.63) is 45.1 Å². The van der Waals surface area contributed by atoms with Crippen molar-refractivity contribution in [2.24, 2.45) is 5.92 Å². The average Bonchev–Trinajstić information content (AvgIpc) is 3.00. The first-order chi connectivity index (χ1) is 14.6. The number of fused-ring (bicyclic) bond motifs is 4. The Kier molecular flexibility index (Phi) is 5.18. The van der Waals surface area contributed by atoms with Crippen molar-refractivity contribution in [3.63, 3.8) is 0 Å². The summed E-state index contributed by atoms with van der Waals surface area (Å²) < 4.78 is 2.00. The Balaban J connectivity index is 1.36. The zero-order valence-electron chi connectivity index (χ0n) is 17.6. The predicted octanol–water partition coefficient (Wildman–Crippen LogP) is 1.91. The van der Waals surface area contributed by atoms with Crippen molar-refractivity contribution in [1.29, 1.82) is 0 Å². The molecule has 0 radical (unpaired) electrons. The number of amides is 1. The maximum Gasteiger partial charge on any atom is 0.276 e. The molecule has 0 saturated carbocycles. The molecule has 2 atom stereocenters. The van der Waals surface area contributed by atoms with E-state index in [0.717, 1.165) is 37.3 Å². The molecule has 0 unspecified atom stereocenters. The van der Waals surface area contributed by atoms with Crippen LogP contribution in [0.25, 0.3) is 0 Å². The van der Waals surface area contributed by atoms with Gasteiger partial charge >= 0.3 is 0 Å². The smallest absolute Gasteiger partial charge is 0.276 e. The first-order valence-corrected chi connectivity index (χ1v) is 11.2. The predicted molar refractivity (Wildman–Crippen MR) is 112 cm³/mol. The van der Waals surface area contributed by atoms with Gasteiger partial charge in [0.15, 0.2) is 5.69 Å². The fourth-order valence-corrected chi connectivity index (χ4v) is 5.45. The molecule has 2 aromatic rings. The molecular formula is C22H30N6O2. The molecule has 8 heteroatoms. The summed E-state index contributed by atoms with van der Waals surface area (Å²) in [5.41, 5.74) is 3.18. The van der Waals surface area contributed by atoms with E-state index in [2.05, 4.69) is 26.4 Å². The van der Waals surface area contributed by atoms with Crippen LogP contribution in [-0.2, 0) is 13.1 Å². The van der Waals surface area contributed by atoms with Crippen molar-refractivity contribution >= 4 is 5.91 Å². The molecule has 2 aromatic heterocycles. The third kappa shape index (κ3) is 3.57. The quantitative estimate of drug-likeness (QED) is 0.835. The van der Waals surface area contributed by atoms with Gasteiger partial charge in [-0.2, -0.15) is 15.4 Å². The van der Waals surface area contributed by atoms with Crippen molar-refractivity contribution in [2.75, 3.05) is 26.2 Å². The number of H-pyrrole nitrogens is 1. The van der Waals surface area contributed by atoms with Crippen LogP contribution in [0.15, 0.2) is 16.9 Å². The number of hydrogen-bond acceptors (Lipinski definition) is 5. The first-order valence-electron chi connectivity index (χ1n) is 11.2. The van der Waals surface area contributed by atoms with E-state index in [9.17, 15) is 9.59 Å². The number of piperidine rings is 1. The number of aromatic amines is 1. The zero-order chi connectivity index (χ0) is 20.7. The van der Waals surface area contributed by atoms with Crippen LogP contribution in [0.4, 0.5) is 0 Å². The van der Waals surface area contributed by atoms with E-state index >= 15 is 0 Å². The third-order valence-corrected chi connectivity index (χ3v) is 6.99. The Morgan fingerprint density at radius 1 is 1.10 bits per heavy atom. The molecule has 0 aromatic carbocycles. The molecule has 2 fully saturated rings.